The van der Waals surface area contributed by atoms with E-state index < -0.39 is 11.6 Å². The van der Waals surface area contributed by atoms with E-state index in [0.717, 1.165) is 19.4 Å². The van der Waals surface area contributed by atoms with Crippen molar-refractivity contribution in [3.63, 3.8) is 0 Å². The molecular weight excluding hydrogens is 270 g/mol. The number of rotatable bonds is 7. The van der Waals surface area contributed by atoms with Gasteiger partial charge in [-0.1, -0.05) is 13.3 Å². The van der Waals surface area contributed by atoms with Crippen molar-refractivity contribution in [2.75, 3.05) is 18.5 Å². The molecule has 0 bridgehead atoms. The van der Waals surface area contributed by atoms with Gasteiger partial charge >= 0.3 is 5.97 Å². The molecule has 0 saturated heterocycles. The topological polar surface area (TPSA) is 84.3 Å². The van der Waals surface area contributed by atoms with Crippen molar-refractivity contribution in [3.05, 3.63) is 18.1 Å². The Hall–Kier alpha value is -1.69. The van der Waals surface area contributed by atoms with Gasteiger partial charge in [0.1, 0.15) is 11.4 Å². The molecule has 2 N–H and O–H groups in total. The molecule has 0 aromatic carbocycles. The fraction of sp³-hybridized carbons (Fsp3) is 0.667. The van der Waals surface area contributed by atoms with Gasteiger partial charge in [-0.25, -0.2) is 14.8 Å². The lowest BCUT2D eigenvalue weighted by Gasteiger charge is -2.19. The van der Waals surface area contributed by atoms with Gasteiger partial charge in [-0.2, -0.15) is 0 Å². The van der Waals surface area contributed by atoms with Crippen molar-refractivity contribution >= 4 is 11.8 Å². The molecule has 1 aromatic rings. The highest BCUT2D eigenvalue weighted by atomic mass is 16.6. The molecule has 6 nitrogen and oxygen atoms in total. The molecule has 0 spiro atoms. The summed E-state index contributed by atoms with van der Waals surface area (Å²) >= 11 is 0. The van der Waals surface area contributed by atoms with E-state index in [1.807, 2.05) is 0 Å². The maximum Gasteiger partial charge on any atom is 0.359 e. The lowest BCUT2D eigenvalue weighted by Crippen LogP contribution is -2.24. The number of aromatic nitrogens is 2. The zero-order chi connectivity index (χ0) is 15.9. The van der Waals surface area contributed by atoms with Crippen LogP contribution >= 0.6 is 0 Å². The first-order chi connectivity index (χ1) is 9.85. The first-order valence-corrected chi connectivity index (χ1v) is 7.25. The Labute approximate surface area is 126 Å². The van der Waals surface area contributed by atoms with Gasteiger partial charge in [0, 0.05) is 13.2 Å². The molecule has 21 heavy (non-hydrogen) atoms. The molecule has 0 amide bonds. The Bertz CT molecular complexity index is 440. The quantitative estimate of drug-likeness (QED) is 0.751. The highest BCUT2D eigenvalue weighted by molar-refractivity contribution is 5.87. The van der Waals surface area contributed by atoms with E-state index in [0.29, 0.717) is 11.7 Å². The van der Waals surface area contributed by atoms with Crippen LogP contribution in [0.5, 0.6) is 0 Å². The molecule has 0 fully saturated rings. The van der Waals surface area contributed by atoms with Crippen LogP contribution in [-0.4, -0.2) is 39.8 Å². The van der Waals surface area contributed by atoms with Gasteiger partial charge in [-0.3, -0.25) is 0 Å². The molecule has 1 aromatic heterocycles. The number of anilines is 1. The maximum atomic E-state index is 11.8. The second kappa shape index (κ2) is 7.93. The van der Waals surface area contributed by atoms with Crippen LogP contribution in [0, 0.1) is 5.92 Å². The third-order valence-corrected chi connectivity index (χ3v) is 2.95. The second-order valence-electron chi connectivity index (χ2n) is 5.96. The number of carbonyl (C=O) groups is 1. The first-order valence-electron chi connectivity index (χ1n) is 7.25. The Morgan fingerprint density at radius 1 is 1.38 bits per heavy atom. The lowest BCUT2D eigenvalue weighted by atomic mass is 10.0. The standard InChI is InChI=1S/C15H25N3O3/c1-5-11(6-7-19)8-17-13-10-16-12(9-18-13)14(20)21-15(2,3)4/h9-11,19H,5-8H2,1-4H3,(H,17,18). The normalized spacial score (nSPS) is 12.8. The SMILES string of the molecule is CCC(CCO)CNc1cnc(C(=O)OC(C)(C)C)cn1. The molecule has 1 atom stereocenters. The molecule has 6 heteroatoms. The van der Waals surface area contributed by atoms with Crippen LogP contribution in [0.3, 0.4) is 0 Å². The Morgan fingerprint density at radius 3 is 2.57 bits per heavy atom. The predicted molar refractivity (Wildman–Crippen MR) is 81.2 cm³/mol. The minimum Gasteiger partial charge on any atom is -0.455 e. The molecule has 1 heterocycles. The van der Waals surface area contributed by atoms with E-state index in [2.05, 4.69) is 22.2 Å². The van der Waals surface area contributed by atoms with Crippen molar-refractivity contribution in [2.45, 2.75) is 46.1 Å². The summed E-state index contributed by atoms with van der Waals surface area (Å²) in [6, 6.07) is 0. The largest absolute Gasteiger partial charge is 0.455 e. The monoisotopic (exact) mass is 295 g/mol. The number of esters is 1. The number of hydrogen-bond donors (Lipinski definition) is 2. The number of nitrogens with one attached hydrogen (secondary N) is 1. The smallest absolute Gasteiger partial charge is 0.359 e. The molecule has 0 saturated carbocycles. The van der Waals surface area contributed by atoms with E-state index in [1.54, 1.807) is 20.8 Å². The fourth-order valence-corrected chi connectivity index (χ4v) is 1.74. The fourth-order valence-electron chi connectivity index (χ4n) is 1.74. The number of aliphatic hydroxyl groups excluding tert-OH is 1. The van der Waals surface area contributed by atoms with Crippen LogP contribution in [0.25, 0.3) is 0 Å². The summed E-state index contributed by atoms with van der Waals surface area (Å²) in [5, 5.41) is 12.1. The summed E-state index contributed by atoms with van der Waals surface area (Å²) in [6.07, 6.45) is 4.66. The zero-order valence-electron chi connectivity index (χ0n) is 13.2. The predicted octanol–water partition coefficient (Wildman–Crippen LogP) is 2.25. The van der Waals surface area contributed by atoms with Gasteiger partial charge in [0.25, 0.3) is 0 Å². The van der Waals surface area contributed by atoms with Crippen LogP contribution in [0.2, 0.25) is 0 Å². The molecule has 1 rings (SSSR count). The number of ether oxygens (including phenoxy) is 1. The van der Waals surface area contributed by atoms with Crippen molar-refractivity contribution in [3.8, 4) is 0 Å². The summed E-state index contributed by atoms with van der Waals surface area (Å²) in [5.74, 6) is 0.522. The molecule has 0 aliphatic heterocycles. The summed E-state index contributed by atoms with van der Waals surface area (Å²) in [5.41, 5.74) is -0.355. The molecule has 0 radical (unpaired) electrons. The van der Waals surface area contributed by atoms with Crippen molar-refractivity contribution in [1.29, 1.82) is 0 Å². The molecule has 0 aliphatic rings. The average molecular weight is 295 g/mol. The van der Waals surface area contributed by atoms with Gasteiger partial charge in [0.15, 0.2) is 5.69 Å². The minimum atomic E-state index is -0.547. The van der Waals surface area contributed by atoms with Gasteiger partial charge in [0.2, 0.25) is 0 Å². The first kappa shape index (κ1) is 17.4. The van der Waals surface area contributed by atoms with Crippen LogP contribution in [0.1, 0.15) is 51.0 Å². The van der Waals surface area contributed by atoms with Crippen molar-refractivity contribution in [1.82, 2.24) is 9.97 Å². The van der Waals surface area contributed by atoms with Crippen LogP contribution in [-0.2, 0) is 4.74 Å². The van der Waals surface area contributed by atoms with E-state index in [9.17, 15) is 4.79 Å². The summed E-state index contributed by atoms with van der Waals surface area (Å²) in [6.45, 7) is 8.40. The van der Waals surface area contributed by atoms with Crippen molar-refractivity contribution in [2.24, 2.45) is 5.92 Å². The van der Waals surface area contributed by atoms with Gasteiger partial charge in [-0.15, -0.1) is 0 Å². The minimum absolute atomic E-state index is 0.184. The Kier molecular flexibility index (Phi) is 6.55. The number of hydrogen-bond acceptors (Lipinski definition) is 6. The summed E-state index contributed by atoms with van der Waals surface area (Å²) in [7, 11) is 0. The van der Waals surface area contributed by atoms with Gasteiger partial charge in [-0.05, 0) is 33.1 Å². The third kappa shape index (κ3) is 6.53. The second-order valence-corrected chi connectivity index (χ2v) is 5.96. The van der Waals surface area contributed by atoms with E-state index >= 15 is 0 Å². The molecule has 1 unspecified atom stereocenters. The van der Waals surface area contributed by atoms with Crippen LogP contribution in [0.15, 0.2) is 12.4 Å². The van der Waals surface area contributed by atoms with Crippen LogP contribution in [0.4, 0.5) is 5.82 Å². The van der Waals surface area contributed by atoms with Gasteiger partial charge < -0.3 is 15.2 Å². The Balaban J connectivity index is 2.56. The number of nitrogens with zero attached hydrogens (tertiary/aromatic N) is 2. The maximum absolute atomic E-state index is 11.8. The highest BCUT2D eigenvalue weighted by Gasteiger charge is 2.19. The highest BCUT2D eigenvalue weighted by Crippen LogP contribution is 2.12. The van der Waals surface area contributed by atoms with E-state index in [-0.39, 0.29) is 12.3 Å². The van der Waals surface area contributed by atoms with E-state index in [1.165, 1.54) is 12.4 Å². The van der Waals surface area contributed by atoms with Gasteiger partial charge in [0.05, 0.1) is 12.4 Å². The number of aliphatic hydroxyl groups is 1. The summed E-state index contributed by atoms with van der Waals surface area (Å²) in [4.78, 5) is 20.0. The Morgan fingerprint density at radius 2 is 2.10 bits per heavy atom. The zero-order valence-corrected chi connectivity index (χ0v) is 13.2. The molecule has 0 aliphatic carbocycles. The van der Waals surface area contributed by atoms with Crippen LogP contribution < -0.4 is 5.32 Å². The number of carbonyl (C=O) groups excluding carboxylic acids is 1. The van der Waals surface area contributed by atoms with E-state index in [4.69, 9.17) is 9.84 Å². The molecule has 118 valence electrons. The lowest BCUT2D eigenvalue weighted by molar-refractivity contribution is 0.00624. The third-order valence-electron chi connectivity index (χ3n) is 2.95. The summed E-state index contributed by atoms with van der Waals surface area (Å²) < 4.78 is 5.22. The van der Waals surface area contributed by atoms with Crippen molar-refractivity contribution < 1.29 is 14.6 Å². The molecular formula is C15H25N3O3. The average Bonchev–Trinajstić information content (AvgIpc) is 2.42.